The highest BCUT2D eigenvalue weighted by Gasteiger charge is 2.41. The molecular weight excluding hydrogens is 567 g/mol. The van der Waals surface area contributed by atoms with Gasteiger partial charge in [-0.2, -0.15) is 0 Å². The molecule has 0 bridgehead atoms. The van der Waals surface area contributed by atoms with Crippen LogP contribution in [0, 0.1) is 0 Å². The van der Waals surface area contributed by atoms with Crippen LogP contribution in [0.1, 0.15) is 0 Å². The Kier molecular flexibility index (Phi) is 7.82. The fourth-order valence-corrected chi connectivity index (χ4v) is 8.45. The van der Waals surface area contributed by atoms with E-state index in [0.717, 1.165) is 0 Å². The Hall–Kier alpha value is 0.620. The molecule has 3 aromatic carbocycles. The van der Waals surface area contributed by atoms with Crippen molar-refractivity contribution in [3.05, 3.63) is 81.6 Å². The van der Waals surface area contributed by atoms with Crippen molar-refractivity contribution in [2.75, 3.05) is 0 Å². The van der Waals surface area contributed by atoms with E-state index in [-0.39, 0.29) is 0 Å². The zero-order valence-electron chi connectivity index (χ0n) is 13.3. The van der Waals surface area contributed by atoms with Crippen LogP contribution < -0.4 is 0 Å². The molecule has 3 rings (SSSR count). The number of hydrogen-bond donors (Lipinski definition) is 0. The van der Waals surface area contributed by atoms with Gasteiger partial charge in [-0.3, -0.25) is 0 Å². The first kappa shape index (κ1) is 23.3. The maximum Gasteiger partial charge on any atom is 0.203 e. The first-order valence-corrected chi connectivity index (χ1v) is 11.9. The van der Waals surface area contributed by atoms with Crippen LogP contribution in [0.25, 0.3) is 0 Å². The van der Waals surface area contributed by atoms with Crippen molar-refractivity contribution < 1.29 is 0 Å². The summed E-state index contributed by atoms with van der Waals surface area (Å²) in [5.74, 6) is 0. The maximum absolute atomic E-state index is 6.51. The Labute approximate surface area is 209 Å². The van der Waals surface area contributed by atoms with Crippen LogP contribution in [0.5, 0.6) is 0 Å². The zero-order chi connectivity index (χ0) is 20.7. The minimum Gasteiger partial charge on any atom is -0.0842 e. The summed E-state index contributed by atoms with van der Waals surface area (Å²) in [5, 5.41) is 3.00. The highest BCUT2D eigenvalue weighted by atomic mass is 35.5. The third-order valence-corrected chi connectivity index (χ3v) is 9.16. The largest absolute Gasteiger partial charge is 0.203 e. The average molecular weight is 573 g/mol. The third-order valence-electron chi connectivity index (χ3n) is 3.50. The summed E-state index contributed by atoms with van der Waals surface area (Å²) < 4.78 is 0. The molecule has 0 fully saturated rings. The van der Waals surface area contributed by atoms with E-state index in [9.17, 15) is 0 Å². The third kappa shape index (κ3) is 4.75. The molecule has 28 heavy (non-hydrogen) atoms. The molecule has 0 aromatic heterocycles. The Balaban J connectivity index is 2.45. The van der Waals surface area contributed by atoms with Crippen LogP contribution in [-0.4, -0.2) is 0 Å². The van der Waals surface area contributed by atoms with E-state index in [1.54, 1.807) is 36.4 Å². The summed E-state index contributed by atoms with van der Waals surface area (Å²) in [6.07, 6.45) is 0. The summed E-state index contributed by atoms with van der Waals surface area (Å²) in [6, 6.07) is 9.42. The van der Waals surface area contributed by atoms with Crippen molar-refractivity contribution in [2.24, 2.45) is 0 Å². The van der Waals surface area contributed by atoms with Gasteiger partial charge >= 0.3 is 0 Å². The predicted octanol–water partition coefficient (Wildman–Crippen LogP) is 10.7. The van der Waals surface area contributed by atoms with Crippen LogP contribution in [0.2, 0.25) is 45.2 Å². The lowest BCUT2D eigenvalue weighted by molar-refractivity contribution is 1.32. The summed E-state index contributed by atoms with van der Waals surface area (Å²) in [6.45, 7) is 0. The van der Waals surface area contributed by atoms with Gasteiger partial charge in [0.15, 0.2) is 0 Å². The molecule has 0 aliphatic rings. The molecule has 3 aromatic rings. The molecule has 0 unspecified atom stereocenters. The van der Waals surface area contributed by atoms with Gasteiger partial charge in [-0.1, -0.05) is 104 Å². The number of halogens is 9. The first-order valence-electron chi connectivity index (χ1n) is 7.28. The van der Waals surface area contributed by atoms with Crippen molar-refractivity contribution in [3.63, 3.8) is 0 Å². The molecule has 0 spiro atoms. The van der Waals surface area contributed by atoms with Gasteiger partial charge in [0.1, 0.15) is 10.9 Å². The molecule has 0 heterocycles. The van der Waals surface area contributed by atoms with Gasteiger partial charge in [0.05, 0.1) is 30.1 Å². The topological polar surface area (TPSA) is 0 Å². The van der Waals surface area contributed by atoms with E-state index in [1.165, 1.54) is 0 Å². The van der Waals surface area contributed by atoms with Crippen molar-refractivity contribution in [3.8, 4) is 0 Å². The van der Waals surface area contributed by atoms with Gasteiger partial charge in [-0.15, -0.1) is 0 Å². The quantitative estimate of drug-likeness (QED) is 0.274. The van der Waals surface area contributed by atoms with E-state index in [4.69, 9.17) is 104 Å². The highest BCUT2D eigenvalue weighted by molar-refractivity contribution is 7.97. The second kappa shape index (κ2) is 9.40. The van der Waals surface area contributed by atoms with E-state index < -0.39 is 10.9 Å². The van der Waals surface area contributed by atoms with E-state index in [1.807, 2.05) is 0 Å². The van der Waals surface area contributed by atoms with Gasteiger partial charge in [-0.05, 0) is 36.4 Å². The lowest BCUT2D eigenvalue weighted by Gasteiger charge is -2.16. The van der Waals surface area contributed by atoms with Gasteiger partial charge in [0.2, 0.25) is 14.7 Å². The molecule has 0 saturated carbocycles. The Morgan fingerprint density at radius 3 is 0.714 bits per heavy atom. The van der Waals surface area contributed by atoms with Gasteiger partial charge < -0.3 is 0 Å². The van der Waals surface area contributed by atoms with Crippen LogP contribution in [0.15, 0.2) is 51.1 Å². The van der Waals surface area contributed by atoms with Crippen molar-refractivity contribution in [2.45, 2.75) is 14.7 Å². The molecule has 0 aliphatic heterocycles. The van der Waals surface area contributed by atoms with E-state index >= 15 is 0 Å². The second-order valence-electron chi connectivity index (χ2n) is 5.40. The molecule has 0 amide bonds. The Bertz CT molecular complexity index is 875. The molecule has 0 N–H and O–H groups in total. The van der Waals surface area contributed by atoms with Crippen LogP contribution in [0.4, 0.5) is 0 Å². The fraction of sp³-hybridized carbons (Fsp3) is 0. The summed E-state index contributed by atoms with van der Waals surface area (Å²) in [7, 11) is -1.08. The maximum atomic E-state index is 6.51. The molecule has 0 saturated heterocycles. The van der Waals surface area contributed by atoms with Gasteiger partial charge in [0.25, 0.3) is 0 Å². The van der Waals surface area contributed by atoms with Crippen molar-refractivity contribution in [1.29, 1.82) is 0 Å². The second-order valence-corrected chi connectivity index (χ2v) is 11.0. The lowest BCUT2D eigenvalue weighted by atomic mass is 10.3. The predicted molar refractivity (Wildman–Crippen MR) is 127 cm³/mol. The monoisotopic (exact) mass is 569 g/mol. The smallest absolute Gasteiger partial charge is 0.0842 e. The summed E-state index contributed by atoms with van der Waals surface area (Å²) in [5.41, 5.74) is 0. The normalized spacial score (nSPS) is 11.4. The molecule has 0 radical (unpaired) electrons. The van der Waals surface area contributed by atoms with Crippen molar-refractivity contribution >= 4 is 115 Å². The minimum absolute atomic E-state index is 0.310. The van der Waals surface area contributed by atoms with E-state index in [0.29, 0.717) is 59.9 Å². The molecule has 146 valence electrons. The van der Waals surface area contributed by atoms with Crippen LogP contribution in [0.3, 0.4) is 0 Å². The number of benzene rings is 3. The molecule has 0 atom stereocenters. The van der Waals surface area contributed by atoms with Gasteiger partial charge in [0, 0.05) is 15.1 Å². The SMILES string of the molecule is Clc1cc(Cl)c([S+](c2c(Cl)cc(Cl)cc2Cl)c2c(Cl)cc(Cl)cc2Cl)c(Cl)c1. The van der Waals surface area contributed by atoms with Crippen LogP contribution in [-0.2, 0) is 10.9 Å². The molecular formula is C18H6Cl9S+. The number of hydrogen-bond acceptors (Lipinski definition) is 0. The average Bonchev–Trinajstić information content (AvgIpc) is 2.51. The fourth-order valence-electron chi connectivity index (χ4n) is 2.48. The highest BCUT2D eigenvalue weighted by Crippen LogP contribution is 2.50. The Morgan fingerprint density at radius 1 is 0.357 bits per heavy atom. The van der Waals surface area contributed by atoms with Crippen molar-refractivity contribution in [1.82, 2.24) is 0 Å². The standard InChI is InChI=1S/C18H6Cl9S/c19-7-1-10(22)16(11(23)2-7)28(17-12(24)3-8(20)4-13(17)25)18-14(26)5-9(21)6-15(18)27/h1-6H/q+1. The minimum atomic E-state index is -1.08. The Morgan fingerprint density at radius 2 is 0.536 bits per heavy atom. The molecule has 10 heteroatoms. The molecule has 0 aliphatic carbocycles. The lowest BCUT2D eigenvalue weighted by Crippen LogP contribution is -2.10. The number of rotatable bonds is 3. The zero-order valence-corrected chi connectivity index (χ0v) is 20.9. The summed E-state index contributed by atoms with van der Waals surface area (Å²) >= 11 is 57.3. The first-order chi connectivity index (χ1) is 13.1. The summed E-state index contributed by atoms with van der Waals surface area (Å²) in [4.78, 5) is 1.56. The van der Waals surface area contributed by atoms with Gasteiger partial charge in [-0.25, -0.2) is 0 Å². The van der Waals surface area contributed by atoms with Crippen LogP contribution >= 0.6 is 104 Å². The molecule has 0 nitrogen and oxygen atoms in total. The van der Waals surface area contributed by atoms with E-state index in [2.05, 4.69) is 0 Å².